The lowest BCUT2D eigenvalue weighted by atomic mass is 9.75. The quantitative estimate of drug-likeness (QED) is 0.629. The molecule has 1 unspecified atom stereocenters. The summed E-state index contributed by atoms with van der Waals surface area (Å²) in [5.74, 6) is 1.39. The summed E-state index contributed by atoms with van der Waals surface area (Å²) < 4.78 is 6.16. The van der Waals surface area contributed by atoms with Crippen LogP contribution in [0.2, 0.25) is 0 Å². The van der Waals surface area contributed by atoms with Crippen molar-refractivity contribution in [2.24, 2.45) is 11.8 Å². The molecule has 26 heavy (non-hydrogen) atoms. The number of benzene rings is 1. The predicted octanol–water partition coefficient (Wildman–Crippen LogP) is 4.48. The molecule has 3 rings (SSSR count). The van der Waals surface area contributed by atoms with Crippen LogP contribution in [0, 0.1) is 11.8 Å². The van der Waals surface area contributed by atoms with Crippen LogP contribution in [0.1, 0.15) is 57.4 Å². The van der Waals surface area contributed by atoms with Gasteiger partial charge in [0.25, 0.3) is 0 Å². The summed E-state index contributed by atoms with van der Waals surface area (Å²) in [4.78, 5) is 11.4. The predicted molar refractivity (Wildman–Crippen MR) is 104 cm³/mol. The van der Waals surface area contributed by atoms with Crippen molar-refractivity contribution in [3.05, 3.63) is 48.0 Å². The highest BCUT2D eigenvalue weighted by molar-refractivity contribution is 5.79. The molecule has 142 valence electrons. The second-order valence-electron chi connectivity index (χ2n) is 7.84. The first-order valence-electron chi connectivity index (χ1n) is 10.2. The highest BCUT2D eigenvalue weighted by Crippen LogP contribution is 2.47. The lowest BCUT2D eigenvalue weighted by Crippen LogP contribution is -2.28. The molecular formula is C23H32O3. The molecule has 1 N–H and O–H groups in total. The number of aliphatic hydroxyl groups is 1. The van der Waals surface area contributed by atoms with Crippen molar-refractivity contribution in [3.8, 4) is 0 Å². The van der Waals surface area contributed by atoms with Crippen molar-refractivity contribution in [1.29, 1.82) is 0 Å². The van der Waals surface area contributed by atoms with Crippen LogP contribution in [0.4, 0.5) is 0 Å². The summed E-state index contributed by atoms with van der Waals surface area (Å²) in [5, 5.41) is 10.4. The highest BCUT2D eigenvalue weighted by Gasteiger charge is 2.47. The van der Waals surface area contributed by atoms with Gasteiger partial charge >= 0.3 is 0 Å². The van der Waals surface area contributed by atoms with Gasteiger partial charge in [-0.1, -0.05) is 49.4 Å². The zero-order valence-corrected chi connectivity index (χ0v) is 15.8. The molecule has 2 bridgehead atoms. The van der Waals surface area contributed by atoms with Gasteiger partial charge in [-0.05, 0) is 55.9 Å². The molecule has 0 radical (unpaired) electrons. The Bertz CT molecular complexity index is 595. The van der Waals surface area contributed by atoms with Crippen LogP contribution in [0.15, 0.2) is 42.5 Å². The van der Waals surface area contributed by atoms with E-state index in [1.165, 1.54) is 18.4 Å². The Kier molecular flexibility index (Phi) is 7.04. The first kappa shape index (κ1) is 19.3. The minimum absolute atomic E-state index is 0.283. The fourth-order valence-corrected chi connectivity index (χ4v) is 4.58. The minimum Gasteiger partial charge on any atom is -0.393 e. The minimum atomic E-state index is -0.283. The third-order valence-corrected chi connectivity index (χ3v) is 6.05. The molecule has 0 aromatic heterocycles. The Labute approximate surface area is 157 Å². The largest absolute Gasteiger partial charge is 0.393 e. The molecule has 2 saturated heterocycles. The number of rotatable bonds is 10. The zero-order chi connectivity index (χ0) is 18.4. The van der Waals surface area contributed by atoms with Crippen molar-refractivity contribution >= 4 is 5.78 Å². The lowest BCUT2D eigenvalue weighted by Gasteiger charge is -2.28. The van der Waals surface area contributed by atoms with Gasteiger partial charge in [0.1, 0.15) is 5.78 Å². The van der Waals surface area contributed by atoms with Gasteiger partial charge in [-0.3, -0.25) is 4.79 Å². The summed E-state index contributed by atoms with van der Waals surface area (Å²) >= 11 is 0. The molecule has 3 nitrogen and oxygen atoms in total. The Balaban J connectivity index is 1.48. The van der Waals surface area contributed by atoms with Crippen LogP contribution in [0.25, 0.3) is 0 Å². The van der Waals surface area contributed by atoms with E-state index in [-0.39, 0.29) is 6.10 Å². The van der Waals surface area contributed by atoms with Gasteiger partial charge in [0.05, 0.1) is 18.3 Å². The topological polar surface area (TPSA) is 46.5 Å². The van der Waals surface area contributed by atoms with Crippen LogP contribution in [0.5, 0.6) is 0 Å². The fourth-order valence-electron chi connectivity index (χ4n) is 4.58. The van der Waals surface area contributed by atoms with Crippen molar-refractivity contribution < 1.29 is 14.6 Å². The maximum atomic E-state index is 11.4. The highest BCUT2D eigenvalue weighted by atomic mass is 16.5. The van der Waals surface area contributed by atoms with Gasteiger partial charge in [0.2, 0.25) is 0 Å². The first-order chi connectivity index (χ1) is 12.7. The average Bonchev–Trinajstić information content (AvgIpc) is 3.25. The molecule has 5 atom stereocenters. The number of Topliss-reactive ketones (excluding diaryl/α,β-unsaturated/α-hetero) is 1. The summed E-state index contributed by atoms with van der Waals surface area (Å²) in [5.41, 5.74) is 1.20. The smallest absolute Gasteiger partial charge is 0.136 e. The van der Waals surface area contributed by atoms with Crippen LogP contribution in [0.3, 0.4) is 0 Å². The van der Waals surface area contributed by atoms with Crippen molar-refractivity contribution in [2.45, 2.75) is 76.6 Å². The van der Waals surface area contributed by atoms with Gasteiger partial charge in [-0.15, -0.1) is 0 Å². The van der Waals surface area contributed by atoms with E-state index in [2.05, 4.69) is 18.2 Å². The fraction of sp³-hybridized carbons (Fsp3) is 0.609. The van der Waals surface area contributed by atoms with Crippen LogP contribution in [-0.4, -0.2) is 29.2 Å². The van der Waals surface area contributed by atoms with E-state index in [0.29, 0.717) is 42.7 Å². The third kappa shape index (κ3) is 5.05. The Morgan fingerprint density at radius 1 is 1.19 bits per heavy atom. The van der Waals surface area contributed by atoms with Crippen molar-refractivity contribution in [3.63, 3.8) is 0 Å². The van der Waals surface area contributed by atoms with E-state index in [0.717, 1.165) is 25.7 Å². The molecule has 2 aliphatic heterocycles. The summed E-state index contributed by atoms with van der Waals surface area (Å²) in [6, 6.07) is 10.2. The second-order valence-corrected chi connectivity index (χ2v) is 7.84. The second kappa shape index (κ2) is 9.48. The molecule has 2 fully saturated rings. The molecule has 0 amide bonds. The third-order valence-electron chi connectivity index (χ3n) is 6.05. The van der Waals surface area contributed by atoms with Gasteiger partial charge < -0.3 is 9.84 Å². The number of carbonyl (C=O) groups is 1. The maximum Gasteiger partial charge on any atom is 0.136 e. The number of ether oxygens (including phenoxy) is 1. The number of ketones is 1. The Hall–Kier alpha value is -1.45. The molecule has 0 saturated carbocycles. The molecule has 2 heterocycles. The monoisotopic (exact) mass is 356 g/mol. The number of carbonyl (C=O) groups excluding carboxylic acids is 1. The van der Waals surface area contributed by atoms with Crippen LogP contribution in [-0.2, 0) is 16.0 Å². The average molecular weight is 357 g/mol. The maximum absolute atomic E-state index is 11.4. The molecule has 0 aliphatic carbocycles. The van der Waals surface area contributed by atoms with Gasteiger partial charge in [-0.25, -0.2) is 0 Å². The number of fused-ring (bicyclic) bond motifs is 2. The molecule has 3 heteroatoms. The molecular weight excluding hydrogens is 324 g/mol. The Morgan fingerprint density at radius 2 is 1.92 bits per heavy atom. The normalized spacial score (nSPS) is 28.7. The van der Waals surface area contributed by atoms with E-state index in [1.54, 1.807) is 0 Å². The van der Waals surface area contributed by atoms with Crippen molar-refractivity contribution in [2.75, 3.05) is 0 Å². The van der Waals surface area contributed by atoms with Crippen LogP contribution < -0.4 is 0 Å². The Morgan fingerprint density at radius 3 is 2.65 bits per heavy atom. The van der Waals surface area contributed by atoms with Gasteiger partial charge in [0.15, 0.2) is 0 Å². The van der Waals surface area contributed by atoms with E-state index < -0.39 is 0 Å². The summed E-state index contributed by atoms with van der Waals surface area (Å²) in [6.45, 7) is 1.91. The SMILES string of the molecule is CCC(=O)CC=CC[C@@H]1[C@H](CCC(O)Cc2ccccc2)[C@@H]2CC[C@H]1O2. The molecule has 2 aliphatic rings. The zero-order valence-electron chi connectivity index (χ0n) is 15.8. The molecule has 1 aromatic carbocycles. The van der Waals surface area contributed by atoms with E-state index >= 15 is 0 Å². The van der Waals surface area contributed by atoms with Gasteiger partial charge in [0, 0.05) is 12.8 Å². The number of hydrogen-bond acceptors (Lipinski definition) is 3. The number of hydrogen-bond donors (Lipinski definition) is 1. The number of allylic oxidation sites excluding steroid dienone is 2. The van der Waals surface area contributed by atoms with Gasteiger partial charge in [-0.2, -0.15) is 0 Å². The molecule has 1 aromatic rings. The van der Waals surface area contributed by atoms with E-state index in [1.807, 2.05) is 31.2 Å². The summed E-state index contributed by atoms with van der Waals surface area (Å²) in [7, 11) is 0. The van der Waals surface area contributed by atoms with Crippen LogP contribution >= 0.6 is 0 Å². The summed E-state index contributed by atoms with van der Waals surface area (Å²) in [6.07, 6.45) is 11.8. The molecule has 0 spiro atoms. The van der Waals surface area contributed by atoms with Crippen molar-refractivity contribution in [1.82, 2.24) is 0 Å². The first-order valence-corrected chi connectivity index (χ1v) is 10.2. The number of aliphatic hydroxyl groups excluding tert-OH is 1. The van der Waals surface area contributed by atoms with E-state index in [9.17, 15) is 9.90 Å². The lowest BCUT2D eigenvalue weighted by molar-refractivity contribution is -0.117. The van der Waals surface area contributed by atoms with E-state index in [4.69, 9.17) is 4.74 Å². The standard InChI is InChI=1S/C23H32O3/c1-2-18(24)10-6-7-11-20-21(23-15-14-22(20)26-23)13-12-19(25)16-17-8-4-3-5-9-17/h3-9,19-23,25H,2,10-16H2,1H3/t19?,20-,21+,22-,23+/m1/s1.